The van der Waals surface area contributed by atoms with Crippen molar-refractivity contribution in [3.8, 4) is 23.0 Å². The van der Waals surface area contributed by atoms with Crippen molar-refractivity contribution in [3.63, 3.8) is 0 Å². The molecule has 3 fully saturated rings. The van der Waals surface area contributed by atoms with E-state index in [1.165, 1.54) is 37.5 Å². The van der Waals surface area contributed by atoms with Gasteiger partial charge in [-0.25, -0.2) is 4.39 Å². The highest BCUT2D eigenvalue weighted by molar-refractivity contribution is 7.86. The summed E-state index contributed by atoms with van der Waals surface area (Å²) in [6.45, 7) is 2.42. The van der Waals surface area contributed by atoms with E-state index in [0.29, 0.717) is 46.6 Å². The summed E-state index contributed by atoms with van der Waals surface area (Å²) in [7, 11) is -2.91. The van der Waals surface area contributed by atoms with Gasteiger partial charge in [0.15, 0.2) is 5.82 Å². The molecule has 2 aromatic heterocycles. The number of fused-ring (bicyclic) bond motifs is 4. The number of pyridine rings is 1. The quantitative estimate of drug-likeness (QED) is 0.157. The third-order valence-electron chi connectivity index (χ3n) is 10.1. The Labute approximate surface area is 288 Å². The molecule has 2 aliphatic heterocycles. The number of hydrogen-bond donors (Lipinski definition) is 0. The van der Waals surface area contributed by atoms with Gasteiger partial charge in [0.1, 0.15) is 40.4 Å². The fourth-order valence-corrected chi connectivity index (χ4v) is 8.54. The molecule has 0 amide bonds. The standard InChI is InChI=1S/C36H34ClF2N5O4S/c1-43-19-26(48-25-7-4-8-27(15-25)49(39,45)46)14-24(43)20-47-36-41-34-29(35(42-36)44-17-21-11-12-22(13-21)18-44)16-40-33(32(34)38)28-9-2-5-23-6-3-10-30(37)31(23)28/h2-10,15-16,21-22,24,26H,11-14,17-20H2,1H3/t21?,22?,24-,26+/m0/s1. The molecular formula is C36H34ClF2N5O4S. The molecule has 0 radical (unpaired) electrons. The number of halogens is 3. The normalized spacial score (nSPS) is 22.7. The van der Waals surface area contributed by atoms with Crippen molar-refractivity contribution in [1.29, 1.82) is 0 Å². The molecule has 0 N–H and O–H groups in total. The van der Waals surface area contributed by atoms with E-state index in [4.69, 9.17) is 26.1 Å². The number of likely N-dealkylation sites (N-methyl/N-ethyl adjacent to an activating group) is 1. The molecule has 1 saturated carbocycles. The summed E-state index contributed by atoms with van der Waals surface area (Å²) in [5.74, 6) is 1.45. The molecule has 13 heteroatoms. The number of nitrogens with zero attached hydrogens (tertiary/aromatic N) is 5. The summed E-state index contributed by atoms with van der Waals surface area (Å²) >= 11 is 6.61. The lowest BCUT2D eigenvalue weighted by Crippen LogP contribution is -2.37. The lowest BCUT2D eigenvalue weighted by Gasteiger charge is -2.33. The number of ether oxygens (including phenoxy) is 2. The first-order valence-electron chi connectivity index (χ1n) is 16.4. The Hall–Kier alpha value is -4.13. The van der Waals surface area contributed by atoms with Gasteiger partial charge in [0.2, 0.25) is 0 Å². The molecule has 254 valence electrons. The Kier molecular flexibility index (Phi) is 8.28. The molecule has 1 aliphatic carbocycles. The largest absolute Gasteiger partial charge is 0.489 e. The van der Waals surface area contributed by atoms with Crippen LogP contribution in [-0.2, 0) is 10.2 Å². The summed E-state index contributed by atoms with van der Waals surface area (Å²) in [6.07, 6.45) is 5.49. The first-order chi connectivity index (χ1) is 23.6. The van der Waals surface area contributed by atoms with E-state index in [2.05, 4.69) is 19.8 Å². The first-order valence-corrected chi connectivity index (χ1v) is 18.2. The smallest absolute Gasteiger partial charge is 0.332 e. The molecule has 8 rings (SSSR count). The van der Waals surface area contributed by atoms with Gasteiger partial charge in [0.25, 0.3) is 0 Å². The van der Waals surface area contributed by atoms with Gasteiger partial charge in [0, 0.05) is 60.3 Å². The number of anilines is 1. The summed E-state index contributed by atoms with van der Waals surface area (Å²) in [5.41, 5.74) is 0.866. The monoisotopic (exact) mass is 705 g/mol. The van der Waals surface area contributed by atoms with Crippen molar-refractivity contribution < 1.29 is 26.2 Å². The fraction of sp³-hybridized carbons (Fsp3) is 0.361. The minimum Gasteiger partial charge on any atom is -0.489 e. The molecular weight excluding hydrogens is 672 g/mol. The average molecular weight is 706 g/mol. The SMILES string of the molecule is CN1C[C@H](Oc2cccc(S(=O)(=O)F)c2)C[C@H]1COc1nc(N2CC3CCC(C3)C2)c2cnc(-c3cccc4cccc(Cl)c34)c(F)c2n1. The summed E-state index contributed by atoms with van der Waals surface area (Å²) in [5, 5.41) is 2.64. The van der Waals surface area contributed by atoms with Gasteiger partial charge in [-0.2, -0.15) is 18.4 Å². The number of rotatable bonds is 8. The zero-order valence-corrected chi connectivity index (χ0v) is 28.3. The number of likely N-dealkylation sites (tertiary alicyclic amines) is 1. The zero-order chi connectivity index (χ0) is 33.9. The van der Waals surface area contributed by atoms with Gasteiger partial charge in [-0.05, 0) is 61.7 Å². The Morgan fingerprint density at radius 1 is 0.980 bits per heavy atom. The summed E-state index contributed by atoms with van der Waals surface area (Å²) in [4.78, 5) is 18.0. The van der Waals surface area contributed by atoms with Crippen molar-refractivity contribution in [2.45, 2.75) is 42.7 Å². The third-order valence-corrected chi connectivity index (χ3v) is 11.2. The molecule has 9 nitrogen and oxygen atoms in total. The van der Waals surface area contributed by atoms with Crippen LogP contribution in [0.1, 0.15) is 25.7 Å². The van der Waals surface area contributed by atoms with Gasteiger partial charge in [-0.1, -0.05) is 48.0 Å². The molecule has 3 aromatic carbocycles. The molecule has 2 unspecified atom stereocenters. The molecule has 4 atom stereocenters. The van der Waals surface area contributed by atoms with E-state index in [9.17, 15) is 12.3 Å². The maximum Gasteiger partial charge on any atom is 0.332 e. The van der Waals surface area contributed by atoms with Crippen molar-refractivity contribution in [2.24, 2.45) is 11.8 Å². The van der Waals surface area contributed by atoms with Gasteiger partial charge in [-0.15, -0.1) is 3.89 Å². The predicted octanol–water partition coefficient (Wildman–Crippen LogP) is 7.06. The van der Waals surface area contributed by atoms with Crippen LogP contribution in [-0.4, -0.2) is 73.7 Å². The van der Waals surface area contributed by atoms with Gasteiger partial charge in [-0.3, -0.25) is 9.88 Å². The van der Waals surface area contributed by atoms with Gasteiger partial charge >= 0.3 is 16.2 Å². The number of hydrogen-bond acceptors (Lipinski definition) is 9. The van der Waals surface area contributed by atoms with Crippen molar-refractivity contribution in [3.05, 3.63) is 77.7 Å². The number of benzene rings is 3. The number of aromatic nitrogens is 3. The van der Waals surface area contributed by atoms with E-state index in [-0.39, 0.29) is 41.7 Å². The first kappa shape index (κ1) is 32.1. The van der Waals surface area contributed by atoms with Gasteiger partial charge in [0.05, 0.1) is 5.39 Å². The Balaban J connectivity index is 1.10. The van der Waals surface area contributed by atoms with Crippen LogP contribution in [0.4, 0.5) is 14.1 Å². The topological polar surface area (TPSA) is 97.8 Å². The van der Waals surface area contributed by atoms with Crippen molar-refractivity contribution in [2.75, 3.05) is 38.2 Å². The van der Waals surface area contributed by atoms with E-state index >= 15 is 4.39 Å². The molecule has 0 spiro atoms. The summed E-state index contributed by atoms with van der Waals surface area (Å²) in [6, 6.07) is 16.6. The third kappa shape index (κ3) is 6.26. The van der Waals surface area contributed by atoms with E-state index in [1.807, 2.05) is 37.4 Å². The van der Waals surface area contributed by atoms with Crippen molar-refractivity contribution >= 4 is 49.3 Å². The van der Waals surface area contributed by atoms with Crippen LogP contribution >= 0.6 is 11.6 Å². The lowest BCUT2D eigenvalue weighted by atomic mass is 9.98. The van der Waals surface area contributed by atoms with Crippen LogP contribution in [0, 0.1) is 17.7 Å². The zero-order valence-electron chi connectivity index (χ0n) is 26.7. The predicted molar refractivity (Wildman–Crippen MR) is 184 cm³/mol. The Morgan fingerprint density at radius 3 is 2.51 bits per heavy atom. The highest BCUT2D eigenvalue weighted by Gasteiger charge is 2.36. The van der Waals surface area contributed by atoms with Crippen LogP contribution in [0.2, 0.25) is 5.02 Å². The molecule has 49 heavy (non-hydrogen) atoms. The second kappa shape index (κ2) is 12.6. The fourth-order valence-electron chi connectivity index (χ4n) is 7.76. The maximum atomic E-state index is 16.7. The highest BCUT2D eigenvalue weighted by Crippen LogP contribution is 2.41. The molecule has 3 aliphatic rings. The summed E-state index contributed by atoms with van der Waals surface area (Å²) < 4.78 is 65.3. The van der Waals surface area contributed by atoms with E-state index in [0.717, 1.165) is 23.9 Å². The second-order valence-corrected chi connectivity index (χ2v) is 15.2. The Bertz CT molecular complexity index is 2170. The van der Waals surface area contributed by atoms with Crippen LogP contribution in [0.15, 0.2) is 71.8 Å². The minimum atomic E-state index is -4.85. The highest BCUT2D eigenvalue weighted by atomic mass is 35.5. The van der Waals surface area contributed by atoms with Crippen molar-refractivity contribution in [1.82, 2.24) is 19.9 Å². The molecule has 5 aromatic rings. The molecule has 2 bridgehead atoms. The molecule has 4 heterocycles. The van der Waals surface area contributed by atoms with Gasteiger partial charge < -0.3 is 14.4 Å². The van der Waals surface area contributed by atoms with Crippen LogP contribution in [0.5, 0.6) is 11.8 Å². The minimum absolute atomic E-state index is 0.0750. The van der Waals surface area contributed by atoms with Crippen LogP contribution in [0.25, 0.3) is 32.9 Å². The molecule has 2 saturated heterocycles. The van der Waals surface area contributed by atoms with E-state index < -0.39 is 20.9 Å². The van der Waals surface area contributed by atoms with E-state index in [1.54, 1.807) is 18.3 Å². The maximum absolute atomic E-state index is 16.7. The lowest BCUT2D eigenvalue weighted by molar-refractivity contribution is 0.188. The van der Waals surface area contributed by atoms with Crippen LogP contribution in [0.3, 0.4) is 0 Å². The Morgan fingerprint density at radius 2 is 1.73 bits per heavy atom. The van der Waals surface area contributed by atoms with Crippen LogP contribution < -0.4 is 14.4 Å². The average Bonchev–Trinajstić information content (AvgIpc) is 3.61. The second-order valence-electron chi connectivity index (χ2n) is 13.4. The number of piperidine rings is 1.